The van der Waals surface area contributed by atoms with Gasteiger partial charge in [-0.15, -0.1) is 4.74 Å². The number of benzene rings is 3. The summed E-state index contributed by atoms with van der Waals surface area (Å²) in [5.74, 6) is -0.755. The van der Waals surface area contributed by atoms with E-state index in [-0.39, 0.29) is 6.54 Å². The second-order valence-corrected chi connectivity index (χ2v) is 7.49. The first-order valence-corrected chi connectivity index (χ1v) is 9.84. The number of hydrogen-bond donors (Lipinski definition) is 2. The molecule has 0 aliphatic heterocycles. The van der Waals surface area contributed by atoms with Crippen molar-refractivity contribution in [3.8, 4) is 11.1 Å². The van der Waals surface area contributed by atoms with Crippen molar-refractivity contribution >= 4 is 17.3 Å². The Bertz CT molecular complexity index is 1290. The summed E-state index contributed by atoms with van der Waals surface area (Å²) in [6, 6.07) is 21.9. The topological polar surface area (TPSA) is 80.0 Å². The SMILES string of the molecule is Cc1cc(Cl)ccc1-c1cccc(CNc2ccc(Cn3oc(=O)[nH]c3=O)cc2)c1. The molecule has 0 spiro atoms. The lowest BCUT2D eigenvalue weighted by Gasteiger charge is -2.11. The van der Waals surface area contributed by atoms with E-state index in [4.69, 9.17) is 16.1 Å². The van der Waals surface area contributed by atoms with Crippen LogP contribution in [0.1, 0.15) is 16.7 Å². The molecule has 3 aromatic carbocycles. The van der Waals surface area contributed by atoms with Crippen LogP contribution in [0.15, 0.2) is 80.8 Å². The maximum Gasteiger partial charge on any atom is 0.440 e. The van der Waals surface area contributed by atoms with E-state index < -0.39 is 11.4 Å². The average Bonchev–Trinajstić information content (AvgIpc) is 3.04. The Balaban J connectivity index is 1.43. The van der Waals surface area contributed by atoms with Crippen LogP contribution in [0, 0.1) is 6.92 Å². The number of halogens is 1. The number of rotatable bonds is 6. The lowest BCUT2D eigenvalue weighted by atomic mass is 9.99. The van der Waals surface area contributed by atoms with Gasteiger partial charge in [0.1, 0.15) is 0 Å². The van der Waals surface area contributed by atoms with Gasteiger partial charge in [0.25, 0.3) is 0 Å². The second-order valence-electron chi connectivity index (χ2n) is 7.06. The molecule has 0 amide bonds. The number of nitrogens with one attached hydrogen (secondary N) is 2. The van der Waals surface area contributed by atoms with E-state index in [0.717, 1.165) is 43.3 Å². The second kappa shape index (κ2) is 8.47. The summed E-state index contributed by atoms with van der Waals surface area (Å²) >= 11 is 6.07. The van der Waals surface area contributed by atoms with Gasteiger partial charge >= 0.3 is 11.4 Å². The monoisotopic (exact) mass is 421 g/mol. The van der Waals surface area contributed by atoms with Crippen LogP contribution in [0.4, 0.5) is 5.69 Å². The van der Waals surface area contributed by atoms with Gasteiger partial charge in [0.15, 0.2) is 0 Å². The molecule has 152 valence electrons. The molecular weight excluding hydrogens is 402 g/mol. The van der Waals surface area contributed by atoms with Crippen LogP contribution < -0.4 is 16.8 Å². The molecule has 0 atom stereocenters. The standard InChI is InChI=1S/C23H20ClN3O3/c1-15-11-19(24)7-10-21(15)18-4-2-3-17(12-18)13-25-20-8-5-16(6-9-20)14-27-22(28)26-23(29)30-27/h2-12,25H,13-14H2,1H3,(H,26,28,29). The maximum absolute atomic E-state index is 11.5. The van der Waals surface area contributed by atoms with E-state index in [1.54, 1.807) is 0 Å². The zero-order valence-electron chi connectivity index (χ0n) is 16.3. The Morgan fingerprint density at radius 1 is 1.00 bits per heavy atom. The summed E-state index contributed by atoms with van der Waals surface area (Å²) in [4.78, 5) is 24.7. The van der Waals surface area contributed by atoms with Gasteiger partial charge < -0.3 is 9.84 Å². The van der Waals surface area contributed by atoms with Crippen LogP contribution in [0.3, 0.4) is 0 Å². The summed E-state index contributed by atoms with van der Waals surface area (Å²) in [7, 11) is 0. The molecule has 30 heavy (non-hydrogen) atoms. The predicted molar refractivity (Wildman–Crippen MR) is 118 cm³/mol. The van der Waals surface area contributed by atoms with Gasteiger partial charge in [-0.2, -0.15) is 0 Å². The molecule has 1 aromatic heterocycles. The quantitative estimate of drug-likeness (QED) is 0.483. The summed E-state index contributed by atoms with van der Waals surface area (Å²) in [5.41, 5.74) is 5.86. The molecule has 4 rings (SSSR count). The lowest BCUT2D eigenvalue weighted by Crippen LogP contribution is -2.17. The Morgan fingerprint density at radius 2 is 1.80 bits per heavy atom. The number of hydrogen-bond acceptors (Lipinski definition) is 4. The minimum Gasteiger partial charge on any atom is -0.381 e. The van der Waals surface area contributed by atoms with Crippen LogP contribution in [-0.2, 0) is 13.1 Å². The molecule has 0 saturated heterocycles. The van der Waals surface area contributed by atoms with E-state index in [9.17, 15) is 9.59 Å². The third-order valence-corrected chi connectivity index (χ3v) is 5.07. The first-order chi connectivity index (χ1) is 14.5. The van der Waals surface area contributed by atoms with Crippen LogP contribution in [0.5, 0.6) is 0 Å². The van der Waals surface area contributed by atoms with Crippen LogP contribution in [-0.4, -0.2) is 9.72 Å². The van der Waals surface area contributed by atoms with E-state index in [2.05, 4.69) is 35.4 Å². The summed E-state index contributed by atoms with van der Waals surface area (Å²) in [6.07, 6.45) is 0. The van der Waals surface area contributed by atoms with Gasteiger partial charge in [-0.1, -0.05) is 48.0 Å². The molecule has 0 aliphatic carbocycles. The molecule has 7 heteroatoms. The molecule has 2 N–H and O–H groups in total. The zero-order chi connectivity index (χ0) is 21.1. The first kappa shape index (κ1) is 19.8. The average molecular weight is 422 g/mol. The molecule has 4 aromatic rings. The smallest absolute Gasteiger partial charge is 0.381 e. The van der Waals surface area contributed by atoms with Crippen molar-refractivity contribution in [1.29, 1.82) is 0 Å². The largest absolute Gasteiger partial charge is 0.440 e. The summed E-state index contributed by atoms with van der Waals surface area (Å²) < 4.78 is 5.78. The van der Waals surface area contributed by atoms with E-state index in [0.29, 0.717) is 6.54 Å². The van der Waals surface area contributed by atoms with Gasteiger partial charge in [-0.05, 0) is 65.1 Å². The van der Waals surface area contributed by atoms with Crippen molar-refractivity contribution < 1.29 is 4.52 Å². The van der Waals surface area contributed by atoms with Crippen molar-refractivity contribution in [2.24, 2.45) is 0 Å². The van der Waals surface area contributed by atoms with E-state index in [1.807, 2.05) is 48.5 Å². The van der Waals surface area contributed by atoms with Gasteiger partial charge in [-0.25, -0.2) is 14.6 Å². The molecule has 0 aliphatic rings. The number of aromatic nitrogens is 2. The highest BCUT2D eigenvalue weighted by Crippen LogP contribution is 2.27. The van der Waals surface area contributed by atoms with Gasteiger partial charge in [0.05, 0.1) is 6.54 Å². The van der Waals surface area contributed by atoms with Crippen LogP contribution in [0.2, 0.25) is 5.02 Å². The third-order valence-electron chi connectivity index (χ3n) is 4.83. The minimum atomic E-state index is -0.755. The molecule has 0 radical (unpaired) electrons. The fourth-order valence-corrected chi connectivity index (χ4v) is 3.54. The highest BCUT2D eigenvalue weighted by Gasteiger charge is 2.05. The molecule has 1 heterocycles. The normalized spacial score (nSPS) is 10.9. The molecule has 0 bridgehead atoms. The molecule has 6 nitrogen and oxygen atoms in total. The Labute approximate surface area is 177 Å². The number of anilines is 1. The fourth-order valence-electron chi connectivity index (χ4n) is 3.32. The molecular formula is C23H20ClN3O3. The van der Waals surface area contributed by atoms with Gasteiger partial charge in [0, 0.05) is 17.3 Å². The fraction of sp³-hybridized carbons (Fsp3) is 0.130. The number of nitrogens with zero attached hydrogens (tertiary/aromatic N) is 1. The van der Waals surface area contributed by atoms with E-state index in [1.165, 1.54) is 0 Å². The number of aryl methyl sites for hydroxylation is 1. The Morgan fingerprint density at radius 3 is 2.50 bits per heavy atom. The Hall–Kier alpha value is -3.51. The van der Waals surface area contributed by atoms with E-state index >= 15 is 0 Å². The molecule has 0 fully saturated rings. The third kappa shape index (κ3) is 4.55. The highest BCUT2D eigenvalue weighted by atomic mass is 35.5. The predicted octanol–water partition coefficient (Wildman–Crippen LogP) is 4.42. The van der Waals surface area contributed by atoms with Crippen molar-refractivity contribution in [1.82, 2.24) is 9.72 Å². The number of H-pyrrole nitrogens is 1. The minimum absolute atomic E-state index is 0.195. The van der Waals surface area contributed by atoms with Gasteiger partial charge in [-0.3, -0.25) is 0 Å². The van der Waals surface area contributed by atoms with Crippen molar-refractivity contribution in [3.05, 3.63) is 109 Å². The highest BCUT2D eigenvalue weighted by molar-refractivity contribution is 6.30. The first-order valence-electron chi connectivity index (χ1n) is 9.47. The van der Waals surface area contributed by atoms with Crippen LogP contribution >= 0.6 is 11.6 Å². The number of aromatic amines is 1. The lowest BCUT2D eigenvalue weighted by molar-refractivity contribution is 0.258. The van der Waals surface area contributed by atoms with Crippen LogP contribution in [0.25, 0.3) is 11.1 Å². The summed E-state index contributed by atoms with van der Waals surface area (Å²) in [6.45, 7) is 2.92. The zero-order valence-corrected chi connectivity index (χ0v) is 17.1. The Kier molecular flexibility index (Phi) is 5.59. The summed E-state index contributed by atoms with van der Waals surface area (Å²) in [5, 5.41) is 4.14. The van der Waals surface area contributed by atoms with Crippen molar-refractivity contribution in [2.45, 2.75) is 20.0 Å². The van der Waals surface area contributed by atoms with Gasteiger partial charge in [0.2, 0.25) is 0 Å². The molecule has 0 saturated carbocycles. The van der Waals surface area contributed by atoms with Crippen molar-refractivity contribution in [3.63, 3.8) is 0 Å². The maximum atomic E-state index is 11.5. The van der Waals surface area contributed by atoms with Crippen molar-refractivity contribution in [2.75, 3.05) is 5.32 Å². The molecule has 0 unspecified atom stereocenters.